The Labute approximate surface area is 146 Å². The maximum atomic E-state index is 12.3. The first kappa shape index (κ1) is 16.7. The number of hydrogen-bond donors (Lipinski definition) is 1. The number of pyridine rings is 1. The van der Waals surface area contributed by atoms with Gasteiger partial charge in [0.1, 0.15) is 11.8 Å². The Hall–Kier alpha value is -3.20. The number of rotatable bonds is 4. The molecule has 1 aliphatic heterocycles. The normalized spacial score (nSPS) is 13.3. The standard InChI is InChI=1S/C19H18N4O2/c20-11-17-8-7-16(13-21-17)18(24)22-12-14-3-5-15(6-4-14)19(25)23-9-1-2-10-23/h3-8,13H,1-2,9-10,12H2,(H,22,24). The van der Waals surface area contributed by atoms with Crippen LogP contribution in [0.3, 0.4) is 0 Å². The van der Waals surface area contributed by atoms with Crippen molar-refractivity contribution < 1.29 is 9.59 Å². The van der Waals surface area contributed by atoms with E-state index in [4.69, 9.17) is 5.26 Å². The molecule has 1 aromatic carbocycles. The Balaban J connectivity index is 1.56. The van der Waals surface area contributed by atoms with Crippen LogP contribution >= 0.6 is 0 Å². The van der Waals surface area contributed by atoms with Gasteiger partial charge >= 0.3 is 0 Å². The van der Waals surface area contributed by atoms with Gasteiger partial charge in [0.05, 0.1) is 5.56 Å². The van der Waals surface area contributed by atoms with Crippen molar-refractivity contribution in [3.63, 3.8) is 0 Å². The average Bonchev–Trinajstić information content (AvgIpc) is 3.21. The number of nitriles is 1. The van der Waals surface area contributed by atoms with Crippen molar-refractivity contribution in [3.05, 3.63) is 65.0 Å². The van der Waals surface area contributed by atoms with Crippen LogP contribution in [0.5, 0.6) is 0 Å². The fraction of sp³-hybridized carbons (Fsp3) is 0.263. The highest BCUT2D eigenvalue weighted by atomic mass is 16.2. The van der Waals surface area contributed by atoms with Crippen LogP contribution < -0.4 is 5.32 Å². The molecule has 1 saturated heterocycles. The molecule has 6 nitrogen and oxygen atoms in total. The summed E-state index contributed by atoms with van der Waals surface area (Å²) in [4.78, 5) is 30.1. The molecule has 25 heavy (non-hydrogen) atoms. The van der Waals surface area contributed by atoms with E-state index in [9.17, 15) is 9.59 Å². The number of amides is 2. The second kappa shape index (κ2) is 7.58. The second-order valence-corrected chi connectivity index (χ2v) is 5.92. The Morgan fingerprint density at radius 2 is 1.76 bits per heavy atom. The molecule has 2 heterocycles. The van der Waals surface area contributed by atoms with E-state index in [0.717, 1.165) is 31.5 Å². The number of nitrogens with zero attached hydrogens (tertiary/aromatic N) is 3. The lowest BCUT2D eigenvalue weighted by Gasteiger charge is -2.15. The third-order valence-electron chi connectivity index (χ3n) is 4.19. The third kappa shape index (κ3) is 4.01. The molecule has 3 rings (SSSR count). The van der Waals surface area contributed by atoms with Gasteiger partial charge in [0.2, 0.25) is 0 Å². The highest BCUT2D eigenvalue weighted by molar-refractivity contribution is 5.95. The lowest BCUT2D eigenvalue weighted by atomic mass is 10.1. The molecule has 0 atom stereocenters. The number of likely N-dealkylation sites (tertiary alicyclic amines) is 1. The minimum Gasteiger partial charge on any atom is -0.348 e. The number of nitrogens with one attached hydrogen (secondary N) is 1. The first-order valence-corrected chi connectivity index (χ1v) is 8.20. The van der Waals surface area contributed by atoms with Crippen molar-refractivity contribution in [2.24, 2.45) is 0 Å². The largest absolute Gasteiger partial charge is 0.348 e. The number of hydrogen-bond acceptors (Lipinski definition) is 4. The first-order valence-electron chi connectivity index (χ1n) is 8.20. The molecule has 0 aliphatic carbocycles. The van der Waals surface area contributed by atoms with Gasteiger partial charge in [0, 0.05) is 31.4 Å². The average molecular weight is 334 g/mol. The molecule has 0 radical (unpaired) electrons. The number of benzene rings is 1. The summed E-state index contributed by atoms with van der Waals surface area (Å²) in [6.07, 6.45) is 3.52. The molecule has 126 valence electrons. The van der Waals surface area contributed by atoms with E-state index in [2.05, 4.69) is 10.3 Å². The zero-order chi connectivity index (χ0) is 17.6. The van der Waals surface area contributed by atoms with Gasteiger partial charge in [0.25, 0.3) is 11.8 Å². The third-order valence-corrected chi connectivity index (χ3v) is 4.19. The minimum absolute atomic E-state index is 0.0664. The van der Waals surface area contributed by atoms with Gasteiger partial charge in [-0.3, -0.25) is 9.59 Å². The first-order chi connectivity index (χ1) is 12.2. The number of carbonyl (C=O) groups is 2. The smallest absolute Gasteiger partial charge is 0.253 e. The molecular weight excluding hydrogens is 316 g/mol. The molecule has 0 bridgehead atoms. The molecule has 1 aliphatic rings. The number of carbonyl (C=O) groups excluding carboxylic acids is 2. The van der Waals surface area contributed by atoms with E-state index < -0.39 is 0 Å². The maximum Gasteiger partial charge on any atom is 0.253 e. The van der Waals surface area contributed by atoms with Crippen LogP contribution in [-0.2, 0) is 6.54 Å². The Morgan fingerprint density at radius 1 is 1.08 bits per heavy atom. The Bertz CT molecular complexity index is 801. The summed E-state index contributed by atoms with van der Waals surface area (Å²) in [6, 6.07) is 12.3. The van der Waals surface area contributed by atoms with Gasteiger partial charge in [0.15, 0.2) is 0 Å². The van der Waals surface area contributed by atoms with Crippen LogP contribution in [0, 0.1) is 11.3 Å². The van der Waals surface area contributed by atoms with E-state index in [1.165, 1.54) is 12.3 Å². The van der Waals surface area contributed by atoms with Crippen LogP contribution in [0.1, 0.15) is 44.8 Å². The molecule has 0 unspecified atom stereocenters. The van der Waals surface area contributed by atoms with Gasteiger partial charge in [-0.25, -0.2) is 4.98 Å². The van der Waals surface area contributed by atoms with Crippen LogP contribution in [-0.4, -0.2) is 34.8 Å². The van der Waals surface area contributed by atoms with Crippen molar-refractivity contribution in [1.82, 2.24) is 15.2 Å². The fourth-order valence-corrected chi connectivity index (χ4v) is 2.75. The van der Waals surface area contributed by atoms with E-state index >= 15 is 0 Å². The SMILES string of the molecule is N#Cc1ccc(C(=O)NCc2ccc(C(=O)N3CCCC3)cc2)cn1. The second-order valence-electron chi connectivity index (χ2n) is 5.92. The van der Waals surface area contributed by atoms with Crippen LogP contribution in [0.2, 0.25) is 0 Å². The quantitative estimate of drug-likeness (QED) is 0.928. The van der Waals surface area contributed by atoms with E-state index in [1.54, 1.807) is 18.2 Å². The van der Waals surface area contributed by atoms with Crippen LogP contribution in [0.4, 0.5) is 0 Å². The van der Waals surface area contributed by atoms with Crippen LogP contribution in [0.15, 0.2) is 42.6 Å². The summed E-state index contributed by atoms with van der Waals surface area (Å²) in [6.45, 7) is 2.02. The van der Waals surface area contributed by atoms with Crippen molar-refractivity contribution in [2.75, 3.05) is 13.1 Å². The zero-order valence-electron chi connectivity index (χ0n) is 13.7. The molecule has 0 spiro atoms. The van der Waals surface area contributed by atoms with Crippen molar-refractivity contribution in [1.29, 1.82) is 5.26 Å². The van der Waals surface area contributed by atoms with E-state index in [1.807, 2.05) is 23.1 Å². The molecule has 6 heteroatoms. The van der Waals surface area contributed by atoms with Gasteiger partial charge in [-0.2, -0.15) is 5.26 Å². The molecule has 2 amide bonds. The lowest BCUT2D eigenvalue weighted by Crippen LogP contribution is -2.27. The summed E-state index contributed by atoms with van der Waals surface area (Å²) in [5.41, 5.74) is 2.26. The maximum absolute atomic E-state index is 12.3. The van der Waals surface area contributed by atoms with Crippen molar-refractivity contribution >= 4 is 11.8 Å². The Morgan fingerprint density at radius 3 is 2.36 bits per heavy atom. The summed E-state index contributed by atoms with van der Waals surface area (Å²) < 4.78 is 0. The fourth-order valence-electron chi connectivity index (χ4n) is 2.75. The van der Waals surface area contributed by atoms with Crippen LogP contribution in [0.25, 0.3) is 0 Å². The summed E-state index contributed by atoms with van der Waals surface area (Å²) in [7, 11) is 0. The molecule has 0 saturated carbocycles. The van der Waals surface area contributed by atoms with E-state index in [-0.39, 0.29) is 17.5 Å². The highest BCUT2D eigenvalue weighted by Gasteiger charge is 2.19. The van der Waals surface area contributed by atoms with Gasteiger partial charge in [-0.1, -0.05) is 12.1 Å². The van der Waals surface area contributed by atoms with Gasteiger partial charge < -0.3 is 10.2 Å². The highest BCUT2D eigenvalue weighted by Crippen LogP contribution is 2.13. The zero-order valence-corrected chi connectivity index (χ0v) is 13.7. The predicted octanol–water partition coefficient (Wildman–Crippen LogP) is 2.12. The number of aromatic nitrogens is 1. The summed E-state index contributed by atoms with van der Waals surface area (Å²) in [5.74, 6) is -0.189. The lowest BCUT2D eigenvalue weighted by molar-refractivity contribution is 0.0792. The van der Waals surface area contributed by atoms with Gasteiger partial charge in [-0.05, 0) is 42.7 Å². The molecule has 1 aromatic heterocycles. The monoisotopic (exact) mass is 334 g/mol. The predicted molar refractivity (Wildman–Crippen MR) is 91.7 cm³/mol. The molecular formula is C19H18N4O2. The summed E-state index contributed by atoms with van der Waals surface area (Å²) in [5, 5.41) is 11.5. The van der Waals surface area contributed by atoms with Crippen molar-refractivity contribution in [2.45, 2.75) is 19.4 Å². The molecule has 1 N–H and O–H groups in total. The molecule has 1 fully saturated rings. The Kier molecular flexibility index (Phi) is 5.05. The van der Waals surface area contributed by atoms with Gasteiger partial charge in [-0.15, -0.1) is 0 Å². The topological polar surface area (TPSA) is 86.1 Å². The summed E-state index contributed by atoms with van der Waals surface area (Å²) >= 11 is 0. The van der Waals surface area contributed by atoms with E-state index in [0.29, 0.717) is 17.7 Å². The molecule has 2 aromatic rings. The minimum atomic E-state index is -0.255. The van der Waals surface area contributed by atoms with Crippen molar-refractivity contribution in [3.8, 4) is 6.07 Å².